The Balaban J connectivity index is 1.91. The molecule has 0 aliphatic rings. The van der Waals surface area contributed by atoms with Crippen LogP contribution in [0.5, 0.6) is 5.75 Å². The van der Waals surface area contributed by atoms with Crippen molar-refractivity contribution in [3.63, 3.8) is 0 Å². The highest BCUT2D eigenvalue weighted by atomic mass is 32.1. The van der Waals surface area contributed by atoms with E-state index in [2.05, 4.69) is 15.0 Å². The van der Waals surface area contributed by atoms with Crippen molar-refractivity contribution in [3.05, 3.63) is 47.0 Å². The van der Waals surface area contributed by atoms with Crippen LogP contribution >= 0.6 is 11.3 Å². The van der Waals surface area contributed by atoms with E-state index < -0.39 is 18.5 Å². The Morgan fingerprint density at radius 3 is 2.68 bits per heavy atom. The van der Waals surface area contributed by atoms with Gasteiger partial charge in [0.15, 0.2) is 10.8 Å². The number of ether oxygens (including phenoxy) is 2. The molecule has 0 aliphatic carbocycles. The molecule has 1 amide bonds. The third-order valence-corrected chi connectivity index (χ3v) is 3.51. The summed E-state index contributed by atoms with van der Waals surface area (Å²) in [5.74, 6) is -0.968. The summed E-state index contributed by atoms with van der Waals surface area (Å²) >= 11 is 1.10. The lowest BCUT2D eigenvalue weighted by Gasteiger charge is -2.03. The second-order valence-corrected chi connectivity index (χ2v) is 5.39. The van der Waals surface area contributed by atoms with Crippen LogP contribution in [0.25, 0.3) is 6.08 Å². The van der Waals surface area contributed by atoms with Crippen LogP contribution in [0.15, 0.2) is 35.7 Å². The molecule has 132 valence electrons. The van der Waals surface area contributed by atoms with Crippen molar-refractivity contribution < 1.29 is 27.8 Å². The second kappa shape index (κ2) is 8.88. The number of hydrogen-bond acceptors (Lipinski definition) is 6. The number of amides is 1. The summed E-state index contributed by atoms with van der Waals surface area (Å²) in [6.07, 6.45) is 2.76. The molecule has 1 aromatic heterocycles. The Hall–Kier alpha value is -2.81. The number of alkyl halides is 2. The van der Waals surface area contributed by atoms with Crippen LogP contribution in [0.4, 0.5) is 13.9 Å². The minimum Gasteiger partial charge on any atom is -0.461 e. The molecule has 2 aromatic rings. The fourth-order valence-corrected chi connectivity index (χ4v) is 2.39. The lowest BCUT2D eigenvalue weighted by molar-refractivity contribution is -0.111. The van der Waals surface area contributed by atoms with Gasteiger partial charge < -0.3 is 9.47 Å². The summed E-state index contributed by atoms with van der Waals surface area (Å²) in [7, 11) is 0. The Bertz CT molecular complexity index is 760. The van der Waals surface area contributed by atoms with Crippen molar-refractivity contribution in [2.75, 3.05) is 11.9 Å². The number of halogens is 2. The first kappa shape index (κ1) is 18.5. The van der Waals surface area contributed by atoms with Crippen molar-refractivity contribution in [2.45, 2.75) is 13.5 Å². The van der Waals surface area contributed by atoms with E-state index in [1.807, 2.05) is 0 Å². The Morgan fingerprint density at radius 2 is 2.04 bits per heavy atom. The average molecular weight is 368 g/mol. The molecule has 25 heavy (non-hydrogen) atoms. The fraction of sp³-hybridized carbons (Fsp3) is 0.188. The summed E-state index contributed by atoms with van der Waals surface area (Å²) in [5, 5.41) is 4.26. The number of carbonyl (C=O) groups is 2. The first-order valence-corrected chi connectivity index (χ1v) is 8.02. The van der Waals surface area contributed by atoms with Crippen LogP contribution in [0.3, 0.4) is 0 Å². The minimum absolute atomic E-state index is 0.0332. The van der Waals surface area contributed by atoms with Gasteiger partial charge in [-0.05, 0) is 30.7 Å². The van der Waals surface area contributed by atoms with Gasteiger partial charge in [0.25, 0.3) is 0 Å². The zero-order valence-corrected chi connectivity index (χ0v) is 13.9. The van der Waals surface area contributed by atoms with E-state index in [9.17, 15) is 18.4 Å². The van der Waals surface area contributed by atoms with Gasteiger partial charge in [-0.1, -0.05) is 12.1 Å². The van der Waals surface area contributed by atoms with Gasteiger partial charge in [0, 0.05) is 11.5 Å². The number of rotatable bonds is 7. The van der Waals surface area contributed by atoms with Crippen LogP contribution in [0, 0.1) is 0 Å². The number of carbonyl (C=O) groups excluding carboxylic acids is 2. The van der Waals surface area contributed by atoms with Gasteiger partial charge in [-0.25, -0.2) is 9.78 Å². The van der Waals surface area contributed by atoms with Crippen molar-refractivity contribution in [2.24, 2.45) is 0 Å². The summed E-state index contributed by atoms with van der Waals surface area (Å²) in [6.45, 7) is -0.962. The van der Waals surface area contributed by atoms with E-state index in [0.717, 1.165) is 11.3 Å². The van der Waals surface area contributed by atoms with E-state index in [4.69, 9.17) is 4.74 Å². The van der Waals surface area contributed by atoms with Gasteiger partial charge in [-0.2, -0.15) is 8.78 Å². The van der Waals surface area contributed by atoms with Gasteiger partial charge >= 0.3 is 12.6 Å². The number of anilines is 1. The molecular formula is C16H14F2N2O4S. The van der Waals surface area contributed by atoms with Crippen molar-refractivity contribution >= 4 is 34.4 Å². The smallest absolute Gasteiger partial charge is 0.387 e. The van der Waals surface area contributed by atoms with Crippen LogP contribution in [-0.2, 0) is 9.53 Å². The predicted molar refractivity (Wildman–Crippen MR) is 88.8 cm³/mol. The SMILES string of the molecule is CCOC(=O)c1csc(NC(=O)/C=C/c2ccc(OC(F)F)cc2)n1. The molecule has 0 saturated heterocycles. The number of nitrogens with zero attached hydrogens (tertiary/aromatic N) is 1. The van der Waals surface area contributed by atoms with Crippen LogP contribution in [-0.4, -0.2) is 30.1 Å². The van der Waals surface area contributed by atoms with Crippen LogP contribution in [0.2, 0.25) is 0 Å². The lowest BCUT2D eigenvalue weighted by atomic mass is 10.2. The summed E-state index contributed by atoms with van der Waals surface area (Å²) < 4.78 is 33.1. The van der Waals surface area contributed by atoms with E-state index in [1.165, 1.54) is 41.8 Å². The molecule has 0 atom stereocenters. The number of benzene rings is 1. The highest BCUT2D eigenvalue weighted by Gasteiger charge is 2.12. The van der Waals surface area contributed by atoms with Gasteiger partial charge in [-0.15, -0.1) is 11.3 Å². The number of esters is 1. The molecule has 2 rings (SSSR count). The second-order valence-electron chi connectivity index (χ2n) is 4.53. The number of nitrogens with one attached hydrogen (secondary N) is 1. The minimum atomic E-state index is -2.88. The summed E-state index contributed by atoms with van der Waals surface area (Å²) in [4.78, 5) is 27.3. The quantitative estimate of drug-likeness (QED) is 0.597. The summed E-state index contributed by atoms with van der Waals surface area (Å²) in [5.41, 5.74) is 0.754. The topological polar surface area (TPSA) is 77.5 Å². The Kier molecular flexibility index (Phi) is 6.58. The molecule has 0 spiro atoms. The van der Waals surface area contributed by atoms with Gasteiger partial charge in [0.2, 0.25) is 5.91 Å². The molecule has 0 aliphatic heterocycles. The molecule has 0 unspecified atom stereocenters. The highest BCUT2D eigenvalue weighted by molar-refractivity contribution is 7.14. The Labute approximate surface area is 146 Å². The highest BCUT2D eigenvalue weighted by Crippen LogP contribution is 2.17. The molecule has 0 radical (unpaired) electrons. The van der Waals surface area contributed by atoms with E-state index in [1.54, 1.807) is 6.92 Å². The molecule has 6 nitrogen and oxygen atoms in total. The maximum Gasteiger partial charge on any atom is 0.387 e. The molecule has 1 aromatic carbocycles. The molecule has 0 bridgehead atoms. The molecule has 1 N–H and O–H groups in total. The van der Waals surface area contributed by atoms with Gasteiger partial charge in [0.05, 0.1) is 6.61 Å². The third-order valence-electron chi connectivity index (χ3n) is 2.75. The maximum atomic E-state index is 12.1. The zero-order valence-electron chi connectivity index (χ0n) is 13.1. The van der Waals surface area contributed by atoms with Gasteiger partial charge in [-0.3, -0.25) is 10.1 Å². The first-order valence-electron chi connectivity index (χ1n) is 7.14. The predicted octanol–water partition coefficient (Wildman–Crippen LogP) is 3.57. The molecule has 1 heterocycles. The Morgan fingerprint density at radius 1 is 1.32 bits per heavy atom. The summed E-state index contributed by atoms with van der Waals surface area (Å²) in [6, 6.07) is 5.81. The number of hydrogen-bond donors (Lipinski definition) is 1. The van der Waals surface area contributed by atoms with Gasteiger partial charge in [0.1, 0.15) is 5.75 Å². The van der Waals surface area contributed by atoms with E-state index in [-0.39, 0.29) is 23.2 Å². The largest absolute Gasteiger partial charge is 0.461 e. The van der Waals surface area contributed by atoms with Crippen LogP contribution in [0.1, 0.15) is 23.0 Å². The molecule has 0 fully saturated rings. The number of thiazole rings is 1. The third kappa shape index (κ3) is 5.96. The molecule has 9 heteroatoms. The zero-order chi connectivity index (χ0) is 18.2. The molecular weight excluding hydrogens is 354 g/mol. The lowest BCUT2D eigenvalue weighted by Crippen LogP contribution is -2.09. The average Bonchev–Trinajstić information content (AvgIpc) is 3.02. The number of aromatic nitrogens is 1. The maximum absolute atomic E-state index is 12.1. The van der Waals surface area contributed by atoms with E-state index >= 15 is 0 Å². The van der Waals surface area contributed by atoms with E-state index in [0.29, 0.717) is 5.56 Å². The first-order chi connectivity index (χ1) is 12.0. The monoisotopic (exact) mass is 368 g/mol. The fourth-order valence-electron chi connectivity index (χ4n) is 1.71. The van der Waals surface area contributed by atoms with Crippen molar-refractivity contribution in [1.82, 2.24) is 4.98 Å². The van der Waals surface area contributed by atoms with Crippen molar-refractivity contribution in [1.29, 1.82) is 0 Å². The normalized spacial score (nSPS) is 10.9. The standard InChI is InChI=1S/C16H14F2N2O4S/c1-2-23-14(22)12-9-25-16(19-12)20-13(21)8-5-10-3-6-11(7-4-10)24-15(17)18/h3-9,15H,2H2,1H3,(H,19,20,21)/b8-5+. The molecule has 0 saturated carbocycles. The van der Waals surface area contributed by atoms with Crippen LogP contribution < -0.4 is 10.1 Å². The van der Waals surface area contributed by atoms with Crippen molar-refractivity contribution in [3.8, 4) is 5.75 Å².